The topological polar surface area (TPSA) is 38.5 Å². The number of halogens is 1. The highest BCUT2D eigenvalue weighted by Crippen LogP contribution is 2.20. The van der Waals surface area contributed by atoms with E-state index in [-0.39, 0.29) is 18.5 Å². The largest absolute Gasteiger partial charge is 0.491 e. The second-order valence-corrected chi connectivity index (χ2v) is 5.31. The standard InChI is InChI=1S/C15H24N2O.ClH/c1-12(2)18-15-7-5-13(6-8-15)11-17-9-3-4-14(17)10-16;/h5-8,12,14H,3-4,9-11,16H2,1-2H3;1H. The summed E-state index contributed by atoms with van der Waals surface area (Å²) in [5.41, 5.74) is 7.13. The highest BCUT2D eigenvalue weighted by molar-refractivity contribution is 5.85. The zero-order chi connectivity index (χ0) is 13.0. The highest BCUT2D eigenvalue weighted by atomic mass is 35.5. The maximum absolute atomic E-state index is 5.80. The summed E-state index contributed by atoms with van der Waals surface area (Å²) in [5, 5.41) is 0. The molecular weight excluding hydrogens is 260 g/mol. The van der Waals surface area contributed by atoms with E-state index < -0.39 is 0 Å². The van der Waals surface area contributed by atoms with E-state index in [0.29, 0.717) is 6.04 Å². The quantitative estimate of drug-likeness (QED) is 0.904. The molecule has 0 aromatic heterocycles. The van der Waals surface area contributed by atoms with Crippen LogP contribution in [0.3, 0.4) is 0 Å². The molecule has 1 unspecified atom stereocenters. The summed E-state index contributed by atoms with van der Waals surface area (Å²) in [5.74, 6) is 0.950. The van der Waals surface area contributed by atoms with Crippen LogP contribution in [0.15, 0.2) is 24.3 Å². The van der Waals surface area contributed by atoms with Gasteiger partial charge in [0.15, 0.2) is 0 Å². The molecule has 19 heavy (non-hydrogen) atoms. The van der Waals surface area contributed by atoms with E-state index in [1.807, 2.05) is 13.8 Å². The molecule has 1 aliphatic rings. The van der Waals surface area contributed by atoms with Crippen molar-refractivity contribution in [3.8, 4) is 5.75 Å². The molecule has 1 heterocycles. The van der Waals surface area contributed by atoms with Crippen LogP contribution in [0.2, 0.25) is 0 Å². The molecule has 108 valence electrons. The normalized spacial score (nSPS) is 19.5. The summed E-state index contributed by atoms with van der Waals surface area (Å²) in [6.07, 6.45) is 2.75. The second kappa shape index (κ2) is 7.73. The minimum Gasteiger partial charge on any atom is -0.491 e. The predicted molar refractivity (Wildman–Crippen MR) is 81.9 cm³/mol. The van der Waals surface area contributed by atoms with Crippen LogP contribution in [-0.2, 0) is 6.54 Å². The Morgan fingerprint density at radius 2 is 2.00 bits per heavy atom. The third-order valence-electron chi connectivity index (χ3n) is 3.45. The lowest BCUT2D eigenvalue weighted by atomic mass is 10.2. The highest BCUT2D eigenvalue weighted by Gasteiger charge is 2.22. The first-order valence-electron chi connectivity index (χ1n) is 6.88. The van der Waals surface area contributed by atoms with Gasteiger partial charge in [-0.2, -0.15) is 0 Å². The van der Waals surface area contributed by atoms with Crippen molar-refractivity contribution in [2.24, 2.45) is 5.73 Å². The summed E-state index contributed by atoms with van der Waals surface area (Å²) < 4.78 is 5.65. The molecule has 2 rings (SSSR count). The molecule has 0 amide bonds. The van der Waals surface area contributed by atoms with Crippen LogP contribution >= 0.6 is 12.4 Å². The monoisotopic (exact) mass is 284 g/mol. The summed E-state index contributed by atoms with van der Waals surface area (Å²) in [7, 11) is 0. The minimum atomic E-state index is 0. The maximum Gasteiger partial charge on any atom is 0.119 e. The van der Waals surface area contributed by atoms with E-state index in [0.717, 1.165) is 18.8 Å². The van der Waals surface area contributed by atoms with Crippen LogP contribution in [0.1, 0.15) is 32.3 Å². The molecule has 1 fully saturated rings. The molecule has 1 aliphatic heterocycles. The number of ether oxygens (including phenoxy) is 1. The smallest absolute Gasteiger partial charge is 0.119 e. The minimum absolute atomic E-state index is 0. The first-order valence-corrected chi connectivity index (χ1v) is 6.88. The van der Waals surface area contributed by atoms with Gasteiger partial charge < -0.3 is 10.5 Å². The Kier molecular flexibility index (Phi) is 6.63. The number of nitrogens with zero attached hydrogens (tertiary/aromatic N) is 1. The second-order valence-electron chi connectivity index (χ2n) is 5.31. The van der Waals surface area contributed by atoms with Crippen molar-refractivity contribution in [3.63, 3.8) is 0 Å². The molecule has 0 saturated carbocycles. The number of hydrogen-bond acceptors (Lipinski definition) is 3. The van der Waals surface area contributed by atoms with Gasteiger partial charge in [0.2, 0.25) is 0 Å². The van der Waals surface area contributed by atoms with Crippen molar-refractivity contribution in [2.75, 3.05) is 13.1 Å². The number of hydrogen-bond donors (Lipinski definition) is 1. The van der Waals surface area contributed by atoms with Gasteiger partial charge >= 0.3 is 0 Å². The number of benzene rings is 1. The molecule has 1 aromatic rings. The number of rotatable bonds is 5. The van der Waals surface area contributed by atoms with Gasteiger partial charge in [0.05, 0.1) is 6.10 Å². The third kappa shape index (κ3) is 4.68. The lowest BCUT2D eigenvalue weighted by molar-refractivity contribution is 0.241. The van der Waals surface area contributed by atoms with E-state index in [9.17, 15) is 0 Å². The predicted octanol–water partition coefficient (Wildman–Crippen LogP) is 2.82. The zero-order valence-electron chi connectivity index (χ0n) is 11.8. The van der Waals surface area contributed by atoms with Gasteiger partial charge in [-0.05, 0) is 50.9 Å². The van der Waals surface area contributed by atoms with Crippen molar-refractivity contribution in [3.05, 3.63) is 29.8 Å². The average Bonchev–Trinajstić information content (AvgIpc) is 2.78. The van der Waals surface area contributed by atoms with E-state index in [1.165, 1.54) is 24.9 Å². The molecule has 0 aliphatic carbocycles. The van der Waals surface area contributed by atoms with Gasteiger partial charge in [0.1, 0.15) is 5.75 Å². The molecule has 0 bridgehead atoms. The lowest BCUT2D eigenvalue weighted by Gasteiger charge is -2.23. The third-order valence-corrected chi connectivity index (χ3v) is 3.45. The molecular formula is C15H25ClN2O. The SMILES string of the molecule is CC(C)Oc1ccc(CN2CCCC2CN)cc1.Cl. The van der Waals surface area contributed by atoms with E-state index in [4.69, 9.17) is 10.5 Å². The van der Waals surface area contributed by atoms with Crippen LogP contribution in [0, 0.1) is 0 Å². The number of nitrogens with two attached hydrogens (primary N) is 1. The summed E-state index contributed by atoms with van der Waals surface area (Å²) in [6, 6.07) is 9.00. The van der Waals surface area contributed by atoms with Crippen LogP contribution in [0.4, 0.5) is 0 Å². The molecule has 4 heteroatoms. The Bertz CT molecular complexity index is 367. The average molecular weight is 285 g/mol. The van der Waals surface area contributed by atoms with Crippen molar-refractivity contribution in [1.29, 1.82) is 0 Å². The van der Waals surface area contributed by atoms with Gasteiger partial charge in [-0.1, -0.05) is 12.1 Å². The molecule has 1 saturated heterocycles. The molecule has 0 radical (unpaired) electrons. The van der Waals surface area contributed by atoms with Crippen LogP contribution in [-0.4, -0.2) is 30.1 Å². The van der Waals surface area contributed by atoms with Crippen molar-refractivity contribution < 1.29 is 4.74 Å². The van der Waals surface area contributed by atoms with Crippen LogP contribution in [0.5, 0.6) is 5.75 Å². The van der Waals surface area contributed by atoms with E-state index in [1.54, 1.807) is 0 Å². The first-order chi connectivity index (χ1) is 8.69. The van der Waals surface area contributed by atoms with Gasteiger partial charge in [-0.3, -0.25) is 4.90 Å². The summed E-state index contributed by atoms with van der Waals surface area (Å²) >= 11 is 0. The molecule has 1 atom stereocenters. The maximum atomic E-state index is 5.80. The Balaban J connectivity index is 0.00000180. The fourth-order valence-electron chi connectivity index (χ4n) is 2.55. The van der Waals surface area contributed by atoms with Gasteiger partial charge in [-0.25, -0.2) is 0 Å². The van der Waals surface area contributed by atoms with Gasteiger partial charge in [-0.15, -0.1) is 12.4 Å². The van der Waals surface area contributed by atoms with Gasteiger partial charge in [0, 0.05) is 19.1 Å². The summed E-state index contributed by atoms with van der Waals surface area (Å²) in [6.45, 7) is 7.04. The van der Waals surface area contributed by atoms with E-state index >= 15 is 0 Å². The van der Waals surface area contributed by atoms with Crippen molar-refractivity contribution in [2.45, 2.75) is 45.4 Å². The number of likely N-dealkylation sites (tertiary alicyclic amines) is 1. The Morgan fingerprint density at radius 3 is 2.58 bits per heavy atom. The fourth-order valence-corrected chi connectivity index (χ4v) is 2.55. The van der Waals surface area contributed by atoms with Crippen molar-refractivity contribution in [1.82, 2.24) is 4.90 Å². The Morgan fingerprint density at radius 1 is 1.32 bits per heavy atom. The molecule has 2 N–H and O–H groups in total. The van der Waals surface area contributed by atoms with Crippen LogP contribution < -0.4 is 10.5 Å². The fraction of sp³-hybridized carbons (Fsp3) is 0.600. The molecule has 1 aromatic carbocycles. The summed E-state index contributed by atoms with van der Waals surface area (Å²) in [4.78, 5) is 2.48. The van der Waals surface area contributed by atoms with E-state index in [2.05, 4.69) is 29.2 Å². The Hall–Kier alpha value is -0.770. The first kappa shape index (κ1) is 16.3. The molecule has 0 spiro atoms. The molecule has 3 nitrogen and oxygen atoms in total. The Labute approximate surface area is 122 Å². The van der Waals surface area contributed by atoms with Crippen LogP contribution in [0.25, 0.3) is 0 Å². The zero-order valence-corrected chi connectivity index (χ0v) is 12.7. The van der Waals surface area contributed by atoms with Crippen molar-refractivity contribution >= 4 is 12.4 Å². The lowest BCUT2D eigenvalue weighted by Crippen LogP contribution is -2.34. The van der Waals surface area contributed by atoms with Gasteiger partial charge in [0.25, 0.3) is 0 Å².